The zero-order valence-corrected chi connectivity index (χ0v) is 14.0. The lowest BCUT2D eigenvalue weighted by Gasteiger charge is -2.05. The van der Waals surface area contributed by atoms with Crippen molar-refractivity contribution in [1.82, 2.24) is 4.98 Å². The fourth-order valence-electron chi connectivity index (χ4n) is 2.07. The van der Waals surface area contributed by atoms with Crippen LogP contribution in [-0.4, -0.2) is 11.0 Å². The molecule has 0 bridgehead atoms. The molecule has 24 heavy (non-hydrogen) atoms. The number of hydrogen-bond donors (Lipinski definition) is 0. The van der Waals surface area contributed by atoms with Crippen molar-refractivity contribution in [3.8, 4) is 17.2 Å². The van der Waals surface area contributed by atoms with Gasteiger partial charge in [-0.1, -0.05) is 30.1 Å². The molecule has 0 aliphatic heterocycles. The van der Waals surface area contributed by atoms with E-state index >= 15 is 0 Å². The maximum atomic E-state index is 12.2. The fraction of sp³-hybridized carbons (Fsp3) is 0.118. The van der Waals surface area contributed by atoms with Crippen molar-refractivity contribution in [2.75, 3.05) is 0 Å². The van der Waals surface area contributed by atoms with Gasteiger partial charge in [-0.2, -0.15) is 0 Å². The second kappa shape index (κ2) is 6.63. The summed E-state index contributed by atoms with van der Waals surface area (Å²) < 4.78 is 10.3. The van der Waals surface area contributed by atoms with Crippen molar-refractivity contribution in [3.63, 3.8) is 0 Å². The summed E-state index contributed by atoms with van der Waals surface area (Å²) in [5.74, 6) is 0.00855. The Hall–Kier alpha value is -2.37. The van der Waals surface area contributed by atoms with Crippen LogP contribution in [-0.2, 0) is 4.79 Å². The van der Waals surface area contributed by atoms with Crippen LogP contribution < -0.4 is 10.4 Å². The lowest BCUT2D eigenvalue weighted by atomic mass is 10.2. The van der Waals surface area contributed by atoms with E-state index in [0.29, 0.717) is 21.1 Å². The highest BCUT2D eigenvalue weighted by Gasteiger charge is 2.12. The second-order valence-corrected chi connectivity index (χ2v) is 5.76. The lowest BCUT2D eigenvalue weighted by molar-refractivity contribution is -0.134. The molecule has 0 fully saturated rings. The average Bonchev–Trinajstić information content (AvgIpc) is 2.57. The smallest absolute Gasteiger partial charge is 0.347 e. The van der Waals surface area contributed by atoms with Crippen molar-refractivity contribution in [2.45, 2.75) is 13.3 Å². The van der Waals surface area contributed by atoms with Crippen molar-refractivity contribution >= 4 is 40.1 Å². The summed E-state index contributed by atoms with van der Waals surface area (Å²) in [6.07, 6.45) is 0.237. The van der Waals surface area contributed by atoms with Crippen molar-refractivity contribution < 1.29 is 13.9 Å². The lowest BCUT2D eigenvalue weighted by Crippen LogP contribution is -2.07. The molecule has 0 N–H and O–H groups in total. The number of carbonyl (C=O) groups excluding carboxylic acids is 1. The van der Waals surface area contributed by atoms with E-state index in [1.807, 2.05) is 0 Å². The summed E-state index contributed by atoms with van der Waals surface area (Å²) in [5, 5.41) is 0.951. The molecule has 0 saturated carbocycles. The molecule has 0 unspecified atom stereocenters. The summed E-state index contributed by atoms with van der Waals surface area (Å²) in [7, 11) is 0. The molecule has 0 radical (unpaired) electrons. The minimum Gasteiger partial charge on any atom is -0.427 e. The Labute approximate surface area is 146 Å². The molecule has 0 aliphatic carbocycles. The Bertz CT molecular complexity index is 998. The number of esters is 1. The first-order valence-electron chi connectivity index (χ1n) is 7.09. The van der Waals surface area contributed by atoms with Gasteiger partial charge in [0.05, 0.1) is 20.9 Å². The van der Waals surface area contributed by atoms with Crippen LogP contribution in [0.15, 0.2) is 45.6 Å². The average molecular weight is 364 g/mol. The first-order valence-corrected chi connectivity index (χ1v) is 7.84. The van der Waals surface area contributed by atoms with Crippen molar-refractivity contribution in [2.24, 2.45) is 0 Å². The Morgan fingerprint density at radius 3 is 2.67 bits per heavy atom. The minimum absolute atomic E-state index is 0.129. The molecule has 0 aliphatic rings. The third-order valence-corrected chi connectivity index (χ3v) is 4.03. The Morgan fingerprint density at radius 1 is 1.17 bits per heavy atom. The summed E-state index contributed by atoms with van der Waals surface area (Å²) in [4.78, 5) is 27.9. The van der Waals surface area contributed by atoms with Crippen molar-refractivity contribution in [3.05, 3.63) is 56.9 Å². The normalized spacial score (nSPS) is 10.8. The van der Waals surface area contributed by atoms with Gasteiger partial charge in [0, 0.05) is 12.0 Å². The van der Waals surface area contributed by atoms with Gasteiger partial charge in [0.1, 0.15) is 5.75 Å². The minimum atomic E-state index is -0.588. The molecule has 7 heteroatoms. The highest BCUT2D eigenvalue weighted by Crippen LogP contribution is 2.28. The summed E-state index contributed by atoms with van der Waals surface area (Å²) >= 11 is 11.9. The molecular formula is C17H11Cl2NO4. The summed E-state index contributed by atoms with van der Waals surface area (Å²) in [5.41, 5.74) is 0.365. The first-order chi connectivity index (χ1) is 11.5. The Morgan fingerprint density at radius 2 is 1.96 bits per heavy atom. The summed E-state index contributed by atoms with van der Waals surface area (Å²) in [6, 6.07) is 9.41. The molecule has 0 saturated heterocycles. The second-order valence-electron chi connectivity index (χ2n) is 4.94. The Balaban J connectivity index is 2.07. The predicted octanol–water partition coefficient (Wildman–Crippen LogP) is 4.48. The largest absolute Gasteiger partial charge is 0.427 e. The standard InChI is InChI=1S/C17H11Cl2NO4/c1-2-15(21)23-10-4-6-14-11(8-10)17(22)24-16(20-14)9-3-5-12(18)13(19)7-9/h3-8H,2H2,1H3. The number of halogens is 2. The van der Waals surface area contributed by atoms with Gasteiger partial charge in [0.25, 0.3) is 0 Å². The van der Waals surface area contributed by atoms with Crippen LogP contribution in [0.25, 0.3) is 22.4 Å². The molecule has 2 aromatic carbocycles. The van der Waals surface area contributed by atoms with Crippen LogP contribution in [0.2, 0.25) is 10.0 Å². The number of nitrogens with zero attached hydrogens (tertiary/aromatic N) is 1. The topological polar surface area (TPSA) is 69.4 Å². The van der Waals surface area contributed by atoms with E-state index in [4.69, 9.17) is 32.4 Å². The van der Waals surface area contributed by atoms with Gasteiger partial charge >= 0.3 is 11.6 Å². The molecule has 3 rings (SSSR count). The van der Waals surface area contributed by atoms with E-state index in [2.05, 4.69) is 4.98 Å². The number of rotatable bonds is 3. The zero-order chi connectivity index (χ0) is 17.3. The molecule has 3 aromatic rings. The van der Waals surface area contributed by atoms with Gasteiger partial charge in [-0.3, -0.25) is 4.79 Å². The highest BCUT2D eigenvalue weighted by atomic mass is 35.5. The molecular weight excluding hydrogens is 353 g/mol. The number of aromatic nitrogens is 1. The van der Waals surface area contributed by atoms with E-state index in [9.17, 15) is 9.59 Å². The molecule has 0 atom stereocenters. The predicted molar refractivity (Wildman–Crippen MR) is 91.7 cm³/mol. The van der Waals surface area contributed by atoms with E-state index in [1.54, 1.807) is 37.3 Å². The van der Waals surface area contributed by atoms with Crippen LogP contribution in [0.1, 0.15) is 13.3 Å². The van der Waals surface area contributed by atoms with Crippen molar-refractivity contribution in [1.29, 1.82) is 0 Å². The third kappa shape index (κ3) is 3.27. The van der Waals surface area contributed by atoms with Crippen LogP contribution >= 0.6 is 23.2 Å². The van der Waals surface area contributed by atoms with Gasteiger partial charge in [-0.05, 0) is 36.4 Å². The summed E-state index contributed by atoms with van der Waals surface area (Å²) in [6.45, 7) is 1.68. The highest BCUT2D eigenvalue weighted by molar-refractivity contribution is 6.42. The fourth-order valence-corrected chi connectivity index (χ4v) is 2.37. The number of fused-ring (bicyclic) bond motifs is 1. The quantitative estimate of drug-likeness (QED) is 0.506. The van der Waals surface area contributed by atoms with E-state index in [-0.39, 0.29) is 29.4 Å². The number of benzene rings is 2. The maximum Gasteiger partial charge on any atom is 0.347 e. The maximum absolute atomic E-state index is 12.2. The van der Waals surface area contributed by atoms with Crippen LogP contribution in [0, 0.1) is 0 Å². The molecule has 0 amide bonds. The zero-order valence-electron chi connectivity index (χ0n) is 12.5. The van der Waals surface area contributed by atoms with Gasteiger partial charge in [-0.25, -0.2) is 9.78 Å². The van der Waals surface area contributed by atoms with Gasteiger partial charge in [0.2, 0.25) is 5.89 Å². The van der Waals surface area contributed by atoms with Crippen LogP contribution in [0.3, 0.4) is 0 Å². The third-order valence-electron chi connectivity index (χ3n) is 3.29. The Kier molecular flexibility index (Phi) is 4.55. The number of ether oxygens (including phenoxy) is 1. The molecule has 0 spiro atoms. The monoisotopic (exact) mass is 363 g/mol. The van der Waals surface area contributed by atoms with Gasteiger partial charge in [0.15, 0.2) is 0 Å². The van der Waals surface area contributed by atoms with E-state index in [1.165, 1.54) is 6.07 Å². The SMILES string of the molecule is CCC(=O)Oc1ccc2nc(-c3ccc(Cl)c(Cl)c3)oc(=O)c2c1. The molecule has 1 aromatic heterocycles. The molecule has 1 heterocycles. The molecule has 5 nitrogen and oxygen atoms in total. The van der Waals surface area contributed by atoms with E-state index in [0.717, 1.165) is 0 Å². The van der Waals surface area contributed by atoms with Gasteiger partial charge < -0.3 is 9.15 Å². The van der Waals surface area contributed by atoms with E-state index < -0.39 is 5.63 Å². The van der Waals surface area contributed by atoms with Crippen LogP contribution in [0.4, 0.5) is 0 Å². The van der Waals surface area contributed by atoms with Gasteiger partial charge in [-0.15, -0.1) is 0 Å². The number of carbonyl (C=O) groups is 1. The molecule has 122 valence electrons. The van der Waals surface area contributed by atoms with Crippen LogP contribution in [0.5, 0.6) is 5.75 Å². The number of hydrogen-bond acceptors (Lipinski definition) is 5. The first kappa shape index (κ1) is 16.5.